The van der Waals surface area contributed by atoms with E-state index in [2.05, 4.69) is 12.2 Å². The van der Waals surface area contributed by atoms with Crippen LogP contribution < -0.4 is 16.0 Å². The fraction of sp³-hybridized carbons (Fsp3) is 0.500. The van der Waals surface area contributed by atoms with Crippen LogP contribution >= 0.6 is 0 Å². The molecule has 1 aliphatic rings. The molecule has 1 aromatic carbocycles. The van der Waals surface area contributed by atoms with Crippen molar-refractivity contribution in [2.75, 3.05) is 24.7 Å². The maximum atomic E-state index is 12.0. The summed E-state index contributed by atoms with van der Waals surface area (Å²) in [6.07, 6.45) is 2.16. The lowest BCUT2D eigenvalue weighted by Crippen LogP contribution is -2.43. The number of rotatable bonds is 3. The highest BCUT2D eigenvalue weighted by atomic mass is 16.1. The lowest BCUT2D eigenvalue weighted by Gasteiger charge is -2.33. The molecule has 1 fully saturated rings. The highest BCUT2D eigenvalue weighted by molar-refractivity contribution is 5.96. The molecular formula is C14H21N3O. The number of hydrogen-bond acceptors (Lipinski definition) is 3. The normalized spacial score (nSPS) is 22.2. The van der Waals surface area contributed by atoms with Gasteiger partial charge in [0.1, 0.15) is 0 Å². The van der Waals surface area contributed by atoms with Crippen LogP contribution in [0.4, 0.5) is 11.4 Å². The summed E-state index contributed by atoms with van der Waals surface area (Å²) in [5.74, 6) is 0.709. The number of nitrogen functional groups attached to an aromatic ring is 1. The first-order valence-electron chi connectivity index (χ1n) is 6.35. The lowest BCUT2D eigenvalue weighted by molar-refractivity contribution is 0.0896. The third-order valence-corrected chi connectivity index (χ3v) is 3.48. The minimum atomic E-state index is -0.0242. The number of nitrogens with one attached hydrogen (secondary N) is 1. The molecule has 0 aromatic heterocycles. The fourth-order valence-corrected chi connectivity index (χ4v) is 2.39. The van der Waals surface area contributed by atoms with E-state index in [1.807, 2.05) is 31.1 Å². The van der Waals surface area contributed by atoms with Crippen molar-refractivity contribution in [3.8, 4) is 0 Å². The summed E-state index contributed by atoms with van der Waals surface area (Å²) in [7, 11) is 3.86. The third kappa shape index (κ3) is 2.58. The molecule has 1 saturated carbocycles. The highest BCUT2D eigenvalue weighted by Crippen LogP contribution is 2.27. The second-order valence-corrected chi connectivity index (χ2v) is 5.41. The predicted molar refractivity (Wildman–Crippen MR) is 74.8 cm³/mol. The van der Waals surface area contributed by atoms with Gasteiger partial charge in [-0.25, -0.2) is 0 Å². The summed E-state index contributed by atoms with van der Waals surface area (Å²) >= 11 is 0. The summed E-state index contributed by atoms with van der Waals surface area (Å²) < 4.78 is 0. The number of carbonyl (C=O) groups excluding carboxylic acids is 1. The fourth-order valence-electron chi connectivity index (χ4n) is 2.39. The van der Waals surface area contributed by atoms with Crippen LogP contribution in [0.25, 0.3) is 0 Å². The van der Waals surface area contributed by atoms with Crippen LogP contribution in [0.2, 0.25) is 0 Å². The van der Waals surface area contributed by atoms with Crippen molar-refractivity contribution in [3.63, 3.8) is 0 Å². The first kappa shape index (κ1) is 12.7. The highest BCUT2D eigenvalue weighted by Gasteiger charge is 2.26. The summed E-state index contributed by atoms with van der Waals surface area (Å²) in [5, 5.41) is 3.03. The molecule has 98 valence electrons. The third-order valence-electron chi connectivity index (χ3n) is 3.48. The Labute approximate surface area is 108 Å². The molecule has 1 aliphatic carbocycles. The van der Waals surface area contributed by atoms with E-state index in [1.54, 1.807) is 6.07 Å². The van der Waals surface area contributed by atoms with Crippen molar-refractivity contribution in [2.24, 2.45) is 5.92 Å². The van der Waals surface area contributed by atoms with Gasteiger partial charge in [-0.05, 0) is 37.0 Å². The predicted octanol–water partition coefficient (Wildman–Crippen LogP) is 1.86. The molecule has 0 aliphatic heterocycles. The molecule has 1 aromatic rings. The van der Waals surface area contributed by atoms with Crippen LogP contribution in [0.1, 0.15) is 30.1 Å². The van der Waals surface area contributed by atoms with E-state index in [9.17, 15) is 4.79 Å². The van der Waals surface area contributed by atoms with Gasteiger partial charge in [0.25, 0.3) is 5.91 Å². The Morgan fingerprint density at radius 2 is 2.06 bits per heavy atom. The molecule has 3 N–H and O–H groups in total. The Kier molecular flexibility index (Phi) is 3.45. The SMILES string of the molecule is CC1CC(NC(=O)c2ccc(N(C)C)c(N)c2)C1. The van der Waals surface area contributed by atoms with E-state index < -0.39 is 0 Å². The summed E-state index contributed by atoms with van der Waals surface area (Å²) in [4.78, 5) is 13.9. The molecule has 0 saturated heterocycles. The molecular weight excluding hydrogens is 226 g/mol. The average Bonchev–Trinajstić information content (AvgIpc) is 2.26. The molecule has 1 amide bonds. The van der Waals surface area contributed by atoms with Crippen LogP contribution in [-0.2, 0) is 0 Å². The van der Waals surface area contributed by atoms with Gasteiger partial charge in [0.15, 0.2) is 0 Å². The number of hydrogen-bond donors (Lipinski definition) is 2. The molecule has 0 unspecified atom stereocenters. The number of nitrogens with two attached hydrogens (primary N) is 1. The van der Waals surface area contributed by atoms with Crippen molar-refractivity contribution in [1.82, 2.24) is 5.32 Å². The second-order valence-electron chi connectivity index (χ2n) is 5.41. The van der Waals surface area contributed by atoms with E-state index in [0.29, 0.717) is 17.3 Å². The Morgan fingerprint density at radius 3 is 2.56 bits per heavy atom. The number of benzene rings is 1. The number of anilines is 2. The van der Waals surface area contributed by atoms with E-state index in [0.717, 1.165) is 24.4 Å². The zero-order valence-corrected chi connectivity index (χ0v) is 11.2. The molecule has 0 heterocycles. The van der Waals surface area contributed by atoms with Crippen molar-refractivity contribution < 1.29 is 4.79 Å². The van der Waals surface area contributed by atoms with Gasteiger partial charge < -0.3 is 16.0 Å². The maximum absolute atomic E-state index is 12.0. The molecule has 0 spiro atoms. The zero-order valence-electron chi connectivity index (χ0n) is 11.2. The van der Waals surface area contributed by atoms with Crippen molar-refractivity contribution in [1.29, 1.82) is 0 Å². The number of amides is 1. The molecule has 2 rings (SSSR count). The first-order valence-corrected chi connectivity index (χ1v) is 6.35. The molecule has 0 radical (unpaired) electrons. The maximum Gasteiger partial charge on any atom is 0.251 e. The minimum Gasteiger partial charge on any atom is -0.397 e. The van der Waals surface area contributed by atoms with Gasteiger partial charge in [-0.2, -0.15) is 0 Å². The smallest absolute Gasteiger partial charge is 0.251 e. The molecule has 0 bridgehead atoms. The van der Waals surface area contributed by atoms with Crippen LogP contribution in [0, 0.1) is 5.92 Å². The van der Waals surface area contributed by atoms with Gasteiger partial charge in [0, 0.05) is 25.7 Å². The minimum absolute atomic E-state index is 0.0242. The first-order chi connectivity index (χ1) is 8.47. The van der Waals surface area contributed by atoms with Gasteiger partial charge in [-0.1, -0.05) is 6.92 Å². The molecule has 4 heteroatoms. The lowest BCUT2D eigenvalue weighted by atomic mass is 9.82. The van der Waals surface area contributed by atoms with Crippen LogP contribution in [0.15, 0.2) is 18.2 Å². The molecule has 4 nitrogen and oxygen atoms in total. The van der Waals surface area contributed by atoms with Crippen molar-refractivity contribution >= 4 is 17.3 Å². The van der Waals surface area contributed by atoms with Crippen LogP contribution in [-0.4, -0.2) is 26.0 Å². The van der Waals surface area contributed by atoms with E-state index in [4.69, 9.17) is 5.73 Å². The van der Waals surface area contributed by atoms with Gasteiger partial charge in [-0.15, -0.1) is 0 Å². The molecule has 0 atom stereocenters. The Balaban J connectivity index is 2.04. The van der Waals surface area contributed by atoms with Gasteiger partial charge in [0.2, 0.25) is 0 Å². The zero-order chi connectivity index (χ0) is 13.3. The summed E-state index contributed by atoms with van der Waals surface area (Å²) in [5.41, 5.74) is 8.14. The quantitative estimate of drug-likeness (QED) is 0.802. The van der Waals surface area contributed by atoms with Crippen molar-refractivity contribution in [3.05, 3.63) is 23.8 Å². The Hall–Kier alpha value is -1.71. The van der Waals surface area contributed by atoms with Crippen LogP contribution in [0.3, 0.4) is 0 Å². The van der Waals surface area contributed by atoms with E-state index in [-0.39, 0.29) is 5.91 Å². The Bertz CT molecular complexity index is 450. The standard InChI is InChI=1S/C14H21N3O/c1-9-6-11(7-9)16-14(18)10-4-5-13(17(2)3)12(15)8-10/h4-5,8-9,11H,6-7,15H2,1-3H3,(H,16,18). The summed E-state index contributed by atoms with van der Waals surface area (Å²) in [6, 6.07) is 5.78. The number of carbonyl (C=O) groups is 1. The van der Waals surface area contributed by atoms with Crippen LogP contribution in [0.5, 0.6) is 0 Å². The number of nitrogens with zero attached hydrogens (tertiary/aromatic N) is 1. The topological polar surface area (TPSA) is 58.4 Å². The van der Waals surface area contributed by atoms with Gasteiger partial charge in [-0.3, -0.25) is 4.79 Å². The van der Waals surface area contributed by atoms with E-state index in [1.165, 1.54) is 0 Å². The Morgan fingerprint density at radius 1 is 1.39 bits per heavy atom. The van der Waals surface area contributed by atoms with Gasteiger partial charge in [0.05, 0.1) is 11.4 Å². The monoisotopic (exact) mass is 247 g/mol. The largest absolute Gasteiger partial charge is 0.397 e. The second kappa shape index (κ2) is 4.88. The van der Waals surface area contributed by atoms with E-state index >= 15 is 0 Å². The molecule has 18 heavy (non-hydrogen) atoms. The van der Waals surface area contributed by atoms with Gasteiger partial charge >= 0.3 is 0 Å². The average molecular weight is 247 g/mol. The summed E-state index contributed by atoms with van der Waals surface area (Å²) in [6.45, 7) is 2.20. The van der Waals surface area contributed by atoms with Crippen molar-refractivity contribution in [2.45, 2.75) is 25.8 Å².